The summed E-state index contributed by atoms with van der Waals surface area (Å²) in [6.45, 7) is 5.36. The molecule has 3 aliphatic rings. The number of hydrogen-bond acceptors (Lipinski definition) is 4. The lowest BCUT2D eigenvalue weighted by atomic mass is 9.67. The fraction of sp³-hybridized carbons (Fsp3) is 0.882. The van der Waals surface area contributed by atoms with E-state index >= 15 is 0 Å². The van der Waals surface area contributed by atoms with Gasteiger partial charge < -0.3 is 10.5 Å². The molecule has 0 spiro atoms. The van der Waals surface area contributed by atoms with E-state index in [1.165, 1.54) is 45.2 Å². The van der Waals surface area contributed by atoms with Crippen molar-refractivity contribution >= 4 is 12.6 Å². The molecule has 0 amide bonds. The van der Waals surface area contributed by atoms with Crippen molar-refractivity contribution in [2.45, 2.75) is 57.4 Å². The highest BCUT2D eigenvalue weighted by molar-refractivity contribution is 5.79. The normalized spacial score (nSPS) is 37.3. The standard InChI is InChI=1S/C16H28N2O.CH2O/c17-11-13-5-2-8-18-9-3-7-15(16(13)18)12-4-1-6-14(19)10-12;1-2/h12-13,15-16H,1-11,17H2;1H2. The number of hydrogen-bond donors (Lipinski definition) is 1. The van der Waals surface area contributed by atoms with E-state index in [1.54, 1.807) is 0 Å². The van der Waals surface area contributed by atoms with Crippen LogP contribution in [-0.2, 0) is 9.59 Å². The molecule has 2 N–H and O–H groups in total. The van der Waals surface area contributed by atoms with Gasteiger partial charge in [0.25, 0.3) is 0 Å². The third-order valence-corrected chi connectivity index (χ3v) is 5.77. The van der Waals surface area contributed by atoms with Gasteiger partial charge in [-0.3, -0.25) is 9.69 Å². The van der Waals surface area contributed by atoms with E-state index in [0.717, 1.165) is 31.7 Å². The van der Waals surface area contributed by atoms with Gasteiger partial charge in [-0.2, -0.15) is 0 Å². The molecule has 3 fully saturated rings. The van der Waals surface area contributed by atoms with Crippen molar-refractivity contribution in [1.82, 2.24) is 4.90 Å². The topological polar surface area (TPSA) is 63.4 Å². The Labute approximate surface area is 128 Å². The lowest BCUT2D eigenvalue weighted by molar-refractivity contribution is -0.123. The molecule has 1 aliphatic carbocycles. The Morgan fingerprint density at radius 3 is 2.48 bits per heavy atom. The van der Waals surface area contributed by atoms with Crippen LogP contribution in [0.1, 0.15) is 51.4 Å². The number of Topliss-reactive ketones (excluding diaryl/α,β-unsaturated/α-hetero) is 1. The Bertz CT molecular complexity index is 339. The number of carbonyl (C=O) groups excluding carboxylic acids is 2. The summed E-state index contributed by atoms with van der Waals surface area (Å²) >= 11 is 0. The number of nitrogens with two attached hydrogens (primary N) is 1. The molecular weight excluding hydrogens is 264 g/mol. The van der Waals surface area contributed by atoms with E-state index in [0.29, 0.717) is 23.7 Å². The Balaban J connectivity index is 0.000000774. The van der Waals surface area contributed by atoms with E-state index in [2.05, 4.69) is 4.90 Å². The number of ketones is 1. The number of carbonyl (C=O) groups is 2. The third kappa shape index (κ3) is 3.72. The van der Waals surface area contributed by atoms with Crippen LogP contribution in [0.25, 0.3) is 0 Å². The van der Waals surface area contributed by atoms with Crippen LogP contribution in [0.5, 0.6) is 0 Å². The van der Waals surface area contributed by atoms with Crippen molar-refractivity contribution in [3.8, 4) is 0 Å². The first-order chi connectivity index (χ1) is 10.3. The van der Waals surface area contributed by atoms with Crippen molar-refractivity contribution in [2.24, 2.45) is 23.5 Å². The Hall–Kier alpha value is -0.740. The molecule has 2 aliphatic heterocycles. The van der Waals surface area contributed by atoms with Crippen LogP contribution in [0.3, 0.4) is 0 Å². The van der Waals surface area contributed by atoms with Crippen LogP contribution < -0.4 is 5.73 Å². The largest absolute Gasteiger partial charge is 0.330 e. The predicted molar refractivity (Wildman–Crippen MR) is 83.9 cm³/mol. The van der Waals surface area contributed by atoms with Gasteiger partial charge in [-0.05, 0) is 75.9 Å². The molecule has 2 saturated heterocycles. The molecule has 0 radical (unpaired) electrons. The molecule has 4 unspecified atom stereocenters. The molecule has 2 heterocycles. The van der Waals surface area contributed by atoms with E-state index in [1.807, 2.05) is 6.79 Å². The Kier molecular flexibility index (Phi) is 6.37. The van der Waals surface area contributed by atoms with Gasteiger partial charge in [-0.15, -0.1) is 0 Å². The molecule has 4 nitrogen and oxygen atoms in total. The minimum Gasteiger partial charge on any atom is -0.330 e. The second kappa shape index (κ2) is 8.04. The summed E-state index contributed by atoms with van der Waals surface area (Å²) < 4.78 is 0. The second-order valence-electron chi connectivity index (χ2n) is 6.87. The highest BCUT2D eigenvalue weighted by Gasteiger charge is 2.42. The molecular formula is C17H30N2O2. The lowest BCUT2D eigenvalue weighted by Gasteiger charge is -2.51. The van der Waals surface area contributed by atoms with Gasteiger partial charge in [0.1, 0.15) is 12.6 Å². The highest BCUT2D eigenvalue weighted by Crippen LogP contribution is 2.42. The number of rotatable bonds is 2. The van der Waals surface area contributed by atoms with Gasteiger partial charge in [-0.1, -0.05) is 0 Å². The predicted octanol–water partition coefficient (Wildman–Crippen LogP) is 2.01. The molecule has 4 heteroatoms. The smallest absolute Gasteiger partial charge is 0.133 e. The van der Waals surface area contributed by atoms with E-state index in [9.17, 15) is 4.79 Å². The maximum atomic E-state index is 11.8. The molecule has 3 rings (SSSR count). The second-order valence-corrected chi connectivity index (χ2v) is 6.87. The fourth-order valence-corrected chi connectivity index (χ4v) is 4.95. The average molecular weight is 294 g/mol. The number of nitrogens with zero attached hydrogens (tertiary/aromatic N) is 1. The summed E-state index contributed by atoms with van der Waals surface area (Å²) in [4.78, 5) is 22.5. The van der Waals surface area contributed by atoms with Gasteiger partial charge in [0.05, 0.1) is 0 Å². The lowest BCUT2D eigenvalue weighted by Crippen LogP contribution is -2.56. The SMILES string of the molecule is C=O.NCC1CCCN2CCCC(C3CCCC(=O)C3)C12. The molecule has 4 atom stereocenters. The van der Waals surface area contributed by atoms with Gasteiger partial charge in [0.15, 0.2) is 0 Å². The summed E-state index contributed by atoms with van der Waals surface area (Å²) in [5, 5.41) is 0. The molecule has 0 aromatic carbocycles. The van der Waals surface area contributed by atoms with Crippen molar-refractivity contribution in [3.63, 3.8) is 0 Å². The van der Waals surface area contributed by atoms with Crippen LogP contribution in [0, 0.1) is 17.8 Å². The zero-order valence-electron chi connectivity index (χ0n) is 13.1. The van der Waals surface area contributed by atoms with Gasteiger partial charge in [-0.25, -0.2) is 0 Å². The molecule has 0 aromatic rings. The molecule has 21 heavy (non-hydrogen) atoms. The molecule has 120 valence electrons. The van der Waals surface area contributed by atoms with Gasteiger partial charge in [0, 0.05) is 18.9 Å². The Morgan fingerprint density at radius 2 is 1.81 bits per heavy atom. The van der Waals surface area contributed by atoms with Crippen LogP contribution in [0.15, 0.2) is 0 Å². The average Bonchev–Trinajstić information content (AvgIpc) is 2.55. The summed E-state index contributed by atoms with van der Waals surface area (Å²) in [6, 6.07) is 0.684. The first-order valence-electron chi connectivity index (χ1n) is 8.54. The van der Waals surface area contributed by atoms with Crippen molar-refractivity contribution in [1.29, 1.82) is 0 Å². The van der Waals surface area contributed by atoms with E-state index in [-0.39, 0.29) is 0 Å². The zero-order chi connectivity index (χ0) is 15.2. The van der Waals surface area contributed by atoms with Gasteiger partial charge in [0.2, 0.25) is 0 Å². The monoisotopic (exact) mass is 294 g/mol. The zero-order valence-corrected chi connectivity index (χ0v) is 13.1. The molecule has 1 saturated carbocycles. The first-order valence-corrected chi connectivity index (χ1v) is 8.54. The van der Waals surface area contributed by atoms with E-state index in [4.69, 9.17) is 10.5 Å². The minimum atomic E-state index is 0.508. The van der Waals surface area contributed by atoms with Crippen LogP contribution >= 0.6 is 0 Å². The number of fused-ring (bicyclic) bond motifs is 1. The maximum absolute atomic E-state index is 11.8. The quantitative estimate of drug-likeness (QED) is 0.846. The molecule has 0 aromatic heterocycles. The van der Waals surface area contributed by atoms with Gasteiger partial charge >= 0.3 is 0 Å². The Morgan fingerprint density at radius 1 is 1.10 bits per heavy atom. The maximum Gasteiger partial charge on any atom is 0.133 e. The summed E-state index contributed by atoms with van der Waals surface area (Å²) in [6.07, 6.45) is 9.35. The van der Waals surface area contributed by atoms with Crippen molar-refractivity contribution in [2.75, 3.05) is 19.6 Å². The van der Waals surface area contributed by atoms with E-state index < -0.39 is 0 Å². The summed E-state index contributed by atoms with van der Waals surface area (Å²) in [7, 11) is 0. The fourth-order valence-electron chi connectivity index (χ4n) is 4.95. The van der Waals surface area contributed by atoms with Crippen molar-refractivity contribution < 1.29 is 9.59 Å². The third-order valence-electron chi connectivity index (χ3n) is 5.77. The first kappa shape index (κ1) is 16.6. The van der Waals surface area contributed by atoms with Crippen LogP contribution in [-0.4, -0.2) is 43.1 Å². The van der Waals surface area contributed by atoms with Crippen LogP contribution in [0.4, 0.5) is 0 Å². The summed E-state index contributed by atoms with van der Waals surface area (Å²) in [5.41, 5.74) is 6.04. The minimum absolute atomic E-state index is 0.508. The van der Waals surface area contributed by atoms with Crippen molar-refractivity contribution in [3.05, 3.63) is 0 Å². The van der Waals surface area contributed by atoms with Crippen LogP contribution in [0.2, 0.25) is 0 Å². The molecule has 0 bridgehead atoms. The number of piperidine rings is 2. The highest BCUT2D eigenvalue weighted by atomic mass is 16.1. The summed E-state index contributed by atoms with van der Waals surface area (Å²) in [5.74, 6) is 2.58.